The van der Waals surface area contributed by atoms with Crippen LogP contribution < -0.4 is 4.72 Å². The first-order chi connectivity index (χ1) is 8.97. The van der Waals surface area contributed by atoms with Gasteiger partial charge in [0.2, 0.25) is 10.0 Å². The molecule has 3 nitrogen and oxygen atoms in total. The number of alkyl halides is 1. The van der Waals surface area contributed by atoms with Gasteiger partial charge in [0.15, 0.2) is 0 Å². The molecular weight excluding hydrogens is 326 g/mol. The van der Waals surface area contributed by atoms with Gasteiger partial charge in [-0.05, 0) is 24.8 Å². The van der Waals surface area contributed by atoms with E-state index in [0.717, 1.165) is 18.4 Å². The van der Waals surface area contributed by atoms with Gasteiger partial charge in [0, 0.05) is 10.9 Å². The molecule has 0 saturated carbocycles. The zero-order valence-corrected chi connectivity index (χ0v) is 13.9. The zero-order valence-electron chi connectivity index (χ0n) is 11.5. The molecule has 0 spiro atoms. The van der Waals surface area contributed by atoms with Crippen LogP contribution in [0.4, 0.5) is 0 Å². The lowest BCUT2D eigenvalue weighted by molar-refractivity contribution is 0.398. The molecule has 0 unspecified atom stereocenters. The number of sulfonamides is 1. The van der Waals surface area contributed by atoms with Crippen molar-refractivity contribution in [1.82, 2.24) is 4.72 Å². The quantitative estimate of drug-likeness (QED) is 0.734. The summed E-state index contributed by atoms with van der Waals surface area (Å²) >= 11 is 3.42. The van der Waals surface area contributed by atoms with E-state index in [0.29, 0.717) is 11.8 Å². The van der Waals surface area contributed by atoms with Crippen molar-refractivity contribution in [1.29, 1.82) is 0 Å². The number of benzene rings is 1. The van der Waals surface area contributed by atoms with Crippen molar-refractivity contribution in [3.63, 3.8) is 0 Å². The molecule has 0 aliphatic heterocycles. The summed E-state index contributed by atoms with van der Waals surface area (Å²) in [5.41, 5.74) is 0.681. The highest BCUT2D eigenvalue weighted by Gasteiger charge is 2.29. The first kappa shape index (κ1) is 16.7. The molecule has 0 atom stereocenters. The number of halogens is 1. The van der Waals surface area contributed by atoms with E-state index in [4.69, 9.17) is 0 Å². The van der Waals surface area contributed by atoms with Crippen LogP contribution in [-0.4, -0.2) is 25.0 Å². The van der Waals surface area contributed by atoms with Crippen molar-refractivity contribution >= 4 is 26.0 Å². The van der Waals surface area contributed by atoms with Gasteiger partial charge in [0.05, 0.1) is 5.75 Å². The van der Waals surface area contributed by atoms with Gasteiger partial charge in [0.25, 0.3) is 0 Å². The molecule has 0 aliphatic rings. The minimum absolute atomic E-state index is 0.131. The average Bonchev–Trinajstić information content (AvgIpc) is 2.44. The van der Waals surface area contributed by atoms with Crippen LogP contribution >= 0.6 is 15.9 Å². The molecule has 0 aliphatic carbocycles. The standard InChI is InChI=1S/C14H22BrNO2S/c1-3-14(4-2,12-15)16-19(17,18)11-10-13-8-6-5-7-9-13/h5-9,16H,3-4,10-12H2,1-2H3. The lowest BCUT2D eigenvalue weighted by Gasteiger charge is -2.30. The molecule has 1 aromatic rings. The summed E-state index contributed by atoms with van der Waals surface area (Å²) in [5, 5.41) is 0.636. The Hall–Kier alpha value is -0.390. The van der Waals surface area contributed by atoms with E-state index in [1.807, 2.05) is 44.2 Å². The number of hydrogen-bond acceptors (Lipinski definition) is 2. The Morgan fingerprint density at radius 1 is 1.16 bits per heavy atom. The van der Waals surface area contributed by atoms with Crippen molar-refractivity contribution in [3.8, 4) is 0 Å². The molecule has 5 heteroatoms. The van der Waals surface area contributed by atoms with E-state index >= 15 is 0 Å². The molecule has 0 fully saturated rings. The molecule has 0 amide bonds. The summed E-state index contributed by atoms with van der Waals surface area (Å²) < 4.78 is 27.2. The molecule has 1 rings (SSSR count). The van der Waals surface area contributed by atoms with Crippen molar-refractivity contribution in [2.45, 2.75) is 38.6 Å². The van der Waals surface area contributed by atoms with Gasteiger partial charge in [-0.15, -0.1) is 0 Å². The molecule has 1 N–H and O–H groups in total. The van der Waals surface area contributed by atoms with Crippen LogP contribution in [0.2, 0.25) is 0 Å². The van der Waals surface area contributed by atoms with Gasteiger partial charge >= 0.3 is 0 Å². The van der Waals surface area contributed by atoms with Crippen molar-refractivity contribution in [2.24, 2.45) is 0 Å². The van der Waals surface area contributed by atoms with Gasteiger partial charge < -0.3 is 0 Å². The number of aryl methyl sites for hydroxylation is 1. The third-order valence-corrected chi connectivity index (χ3v) is 6.04. The summed E-state index contributed by atoms with van der Waals surface area (Å²) in [5.74, 6) is 0.131. The minimum Gasteiger partial charge on any atom is -0.212 e. The van der Waals surface area contributed by atoms with Crippen LogP contribution in [0.3, 0.4) is 0 Å². The molecule has 19 heavy (non-hydrogen) atoms. The molecule has 108 valence electrons. The molecular formula is C14H22BrNO2S. The molecule has 0 radical (unpaired) electrons. The van der Waals surface area contributed by atoms with Crippen molar-refractivity contribution in [3.05, 3.63) is 35.9 Å². The Bertz CT molecular complexity index is 461. The normalized spacial score (nSPS) is 12.6. The lowest BCUT2D eigenvalue weighted by Crippen LogP contribution is -2.49. The van der Waals surface area contributed by atoms with Crippen molar-refractivity contribution in [2.75, 3.05) is 11.1 Å². The van der Waals surface area contributed by atoms with Gasteiger partial charge in [-0.25, -0.2) is 13.1 Å². The van der Waals surface area contributed by atoms with E-state index in [1.54, 1.807) is 0 Å². The fourth-order valence-electron chi connectivity index (χ4n) is 1.89. The number of rotatable bonds is 8. The summed E-state index contributed by atoms with van der Waals surface area (Å²) in [4.78, 5) is 0. The van der Waals surface area contributed by atoms with Gasteiger partial charge in [0.1, 0.15) is 0 Å². The van der Waals surface area contributed by atoms with E-state index < -0.39 is 10.0 Å². The van der Waals surface area contributed by atoms with E-state index in [1.165, 1.54) is 0 Å². The summed E-state index contributed by atoms with van der Waals surface area (Å²) in [6.45, 7) is 4.01. The third kappa shape index (κ3) is 5.24. The first-order valence-electron chi connectivity index (χ1n) is 6.58. The third-order valence-electron chi connectivity index (χ3n) is 3.48. The molecule has 0 heterocycles. The monoisotopic (exact) mass is 347 g/mol. The van der Waals surface area contributed by atoms with Crippen LogP contribution in [0.1, 0.15) is 32.3 Å². The fraction of sp³-hybridized carbons (Fsp3) is 0.571. The largest absolute Gasteiger partial charge is 0.212 e. The maximum Gasteiger partial charge on any atom is 0.212 e. The predicted octanol–water partition coefficient (Wildman–Crippen LogP) is 3.10. The minimum atomic E-state index is -3.25. The summed E-state index contributed by atoms with van der Waals surface area (Å²) in [6.07, 6.45) is 2.10. The second-order valence-electron chi connectivity index (χ2n) is 4.78. The van der Waals surface area contributed by atoms with Crippen molar-refractivity contribution < 1.29 is 8.42 Å². The Morgan fingerprint density at radius 3 is 2.21 bits per heavy atom. The van der Waals surface area contributed by atoms with E-state index in [2.05, 4.69) is 20.7 Å². The van der Waals surface area contributed by atoms with Crippen LogP contribution in [0, 0.1) is 0 Å². The first-order valence-corrected chi connectivity index (χ1v) is 9.36. The van der Waals surface area contributed by atoms with Crippen LogP contribution in [-0.2, 0) is 16.4 Å². The highest BCUT2D eigenvalue weighted by molar-refractivity contribution is 9.09. The average molecular weight is 348 g/mol. The number of nitrogens with one attached hydrogen (secondary N) is 1. The second-order valence-corrected chi connectivity index (χ2v) is 7.18. The fourth-order valence-corrected chi connectivity index (χ4v) is 4.63. The lowest BCUT2D eigenvalue weighted by atomic mass is 9.97. The van der Waals surface area contributed by atoms with Gasteiger partial charge in [-0.1, -0.05) is 60.1 Å². The second kappa shape index (κ2) is 7.41. The van der Waals surface area contributed by atoms with Crippen LogP contribution in [0.25, 0.3) is 0 Å². The van der Waals surface area contributed by atoms with Gasteiger partial charge in [-0.3, -0.25) is 0 Å². The van der Waals surface area contributed by atoms with E-state index in [9.17, 15) is 8.42 Å². The number of hydrogen-bond donors (Lipinski definition) is 1. The topological polar surface area (TPSA) is 46.2 Å². The molecule has 0 bridgehead atoms. The molecule has 0 aromatic heterocycles. The Morgan fingerprint density at radius 2 is 1.74 bits per heavy atom. The SMILES string of the molecule is CCC(CC)(CBr)NS(=O)(=O)CCc1ccccc1. The summed E-state index contributed by atoms with van der Waals surface area (Å²) in [6, 6.07) is 9.69. The van der Waals surface area contributed by atoms with Gasteiger partial charge in [-0.2, -0.15) is 0 Å². The predicted molar refractivity (Wildman–Crippen MR) is 84.2 cm³/mol. The zero-order chi connectivity index (χ0) is 14.4. The highest BCUT2D eigenvalue weighted by Crippen LogP contribution is 2.19. The summed E-state index contributed by atoms with van der Waals surface area (Å²) in [7, 11) is -3.25. The molecule has 0 saturated heterocycles. The maximum absolute atomic E-state index is 12.2. The smallest absolute Gasteiger partial charge is 0.212 e. The Labute approximate surface area is 125 Å². The molecule has 1 aromatic carbocycles. The maximum atomic E-state index is 12.2. The van der Waals surface area contributed by atoms with Crippen LogP contribution in [0.15, 0.2) is 30.3 Å². The van der Waals surface area contributed by atoms with Crippen LogP contribution in [0.5, 0.6) is 0 Å². The van der Waals surface area contributed by atoms with E-state index in [-0.39, 0.29) is 11.3 Å². The Balaban J connectivity index is 2.66. The highest BCUT2D eigenvalue weighted by atomic mass is 79.9. The Kier molecular flexibility index (Phi) is 6.50.